The number of ether oxygens (including phenoxy) is 14. The van der Waals surface area contributed by atoms with Crippen LogP contribution in [0.1, 0.15) is 120 Å². The lowest BCUT2D eigenvalue weighted by atomic mass is 9.33. The third-order valence-electron chi connectivity index (χ3n) is 27.3. The Morgan fingerprint density at radius 2 is 0.925 bits per heavy atom. The standard InChI is InChI=1S/C71H116O36/c1-26-38(77)43(82)48(87)59(96-26)104-55-33(23-75)100-58(52(91)47(55)86)95-25-34-41(80)46(85)51(90)62(101-34)107-65(93)71-17-15-66(2,3)19-28(71)27-9-10-36-68(6)13-12-37(67(4,5)35(68)11-14-70(36,8)69(27,7)16-18-71)102-64-57(106-61-50(89)45(84)40(79)31(21-73)98-61)54(29(76)24-94-64)103-63-53(92)56(42(81)32(22-74)99-63)105-60-49(88)44(83)39(78)30(20-72)97-60/h9,26,28-64,72-92H,10-25H2,1-8H3/t26-,28-,29-,30+,31+,32+,33+,34+,35-,36+,37-,38-,39+,40+,41+,42+,43+,44-,45-,46-,47-,48+,49+,50+,51+,52+,53+,54-,55+,56-,57+,58+,59-,60-,61-,62-,63-,64-,68-,69+,70+,71-/m0/s1. The van der Waals surface area contributed by atoms with E-state index in [0.717, 1.165) is 12.0 Å². The number of carbonyl (C=O) groups is 1. The Hall–Kier alpha value is -2.15. The van der Waals surface area contributed by atoms with Crippen molar-refractivity contribution >= 4 is 5.97 Å². The van der Waals surface area contributed by atoms with Gasteiger partial charge in [0.1, 0.15) is 159 Å². The summed E-state index contributed by atoms with van der Waals surface area (Å²) in [6.45, 7) is 12.3. The molecule has 0 unspecified atom stereocenters. The zero-order chi connectivity index (χ0) is 78.0. The van der Waals surface area contributed by atoms with Crippen LogP contribution >= 0.6 is 0 Å². The lowest BCUT2D eigenvalue weighted by molar-refractivity contribution is -0.397. The summed E-state index contributed by atoms with van der Waals surface area (Å²) in [6, 6.07) is 0. The van der Waals surface area contributed by atoms with Gasteiger partial charge in [0.25, 0.3) is 0 Å². The Bertz CT molecular complexity index is 3020. The van der Waals surface area contributed by atoms with Crippen molar-refractivity contribution in [3.8, 4) is 0 Å². The minimum atomic E-state index is -2.08. The summed E-state index contributed by atoms with van der Waals surface area (Å²) < 4.78 is 84.2. The van der Waals surface area contributed by atoms with E-state index in [1.165, 1.54) is 6.92 Å². The first-order valence-electron chi connectivity index (χ1n) is 37.6. The Morgan fingerprint density at radius 1 is 0.439 bits per heavy atom. The maximum absolute atomic E-state index is 15.4. The molecule has 0 aromatic rings. The Labute approximate surface area is 618 Å². The predicted molar refractivity (Wildman–Crippen MR) is 353 cm³/mol. The third kappa shape index (κ3) is 14.9. The van der Waals surface area contributed by atoms with E-state index in [1.807, 2.05) is 0 Å². The molecule has 107 heavy (non-hydrogen) atoms. The van der Waals surface area contributed by atoms with Gasteiger partial charge in [-0.25, -0.2) is 0 Å². The SMILES string of the molecule is C[C@@H]1O[C@@H](O[C@H]2[C@@H](O)[C@@H](O)[C@H](OC[C@H]3O[C@@H](OC(=O)[C@]45CCC(C)(C)C[C@H]4C4=CC[C@@H]6[C@@]7(C)CC[C@H](O[C@@H]8OC[C@H](O)[C@H](O[C@@H]9O[C@H](CO)[C@@H](O)[C@H](O[C@@H]%10O[C@H](CO)[C@@H](O)[C@H](O)[C@H]%10O)[C@H]9O)[C@H]8O[C@@H]8O[C@H](CO)[C@@H](O)[C@H](O)[C@H]8O)C(C)(C)[C@@H]7CC[C@@]6(C)[C@]4(C)CC5)[C@H](O)[C@@H](O)[C@@H]3O)O[C@@H]2CO)[C@H](O)[C@H](O)[C@H]1O. The Kier molecular flexibility index (Phi) is 25.3. The summed E-state index contributed by atoms with van der Waals surface area (Å²) in [7, 11) is 0. The minimum absolute atomic E-state index is 0.0347. The molecule has 36 heteroatoms. The van der Waals surface area contributed by atoms with Crippen LogP contribution in [0.25, 0.3) is 0 Å². The van der Waals surface area contributed by atoms with Crippen molar-refractivity contribution in [1.82, 2.24) is 0 Å². The molecule has 7 saturated heterocycles. The molecule has 0 bridgehead atoms. The predicted octanol–water partition coefficient (Wildman–Crippen LogP) is -6.90. The normalized spacial score (nSPS) is 54.2. The van der Waals surface area contributed by atoms with Gasteiger partial charge in [-0.2, -0.15) is 0 Å². The average Bonchev–Trinajstić information content (AvgIpc) is 0.679. The van der Waals surface area contributed by atoms with Crippen LogP contribution in [0.15, 0.2) is 11.6 Å². The highest BCUT2D eigenvalue weighted by atomic mass is 16.8. The van der Waals surface area contributed by atoms with Crippen LogP contribution in [0.4, 0.5) is 0 Å². The van der Waals surface area contributed by atoms with Crippen LogP contribution in [0, 0.1) is 50.2 Å². The van der Waals surface area contributed by atoms with E-state index in [1.54, 1.807) is 0 Å². The first-order chi connectivity index (χ1) is 50.3. The van der Waals surface area contributed by atoms with E-state index in [2.05, 4.69) is 54.5 Å². The number of fused-ring (bicyclic) bond motifs is 7. The zero-order valence-corrected chi connectivity index (χ0v) is 61.3. The van der Waals surface area contributed by atoms with Crippen molar-refractivity contribution in [1.29, 1.82) is 0 Å². The molecule has 7 aliphatic heterocycles. The first-order valence-corrected chi connectivity index (χ1v) is 37.6. The summed E-state index contributed by atoms with van der Waals surface area (Å²) >= 11 is 0. The number of esters is 1. The number of allylic oxidation sites excluding steroid dienone is 2. The van der Waals surface area contributed by atoms with Gasteiger partial charge in [-0.1, -0.05) is 60.1 Å². The van der Waals surface area contributed by atoms with Gasteiger partial charge in [0, 0.05) is 0 Å². The molecule has 7 heterocycles. The summed E-state index contributed by atoms with van der Waals surface area (Å²) in [5, 5.41) is 229. The lowest BCUT2D eigenvalue weighted by Gasteiger charge is -2.71. The Balaban J connectivity index is 0.751. The maximum Gasteiger partial charge on any atom is 0.315 e. The van der Waals surface area contributed by atoms with Gasteiger partial charge in [0.05, 0.1) is 57.3 Å². The molecule has 616 valence electrons. The molecular weight excluding hydrogens is 1430 g/mol. The molecule has 0 radical (unpaired) electrons. The highest BCUT2D eigenvalue weighted by Crippen LogP contribution is 2.76. The Morgan fingerprint density at radius 3 is 1.52 bits per heavy atom. The average molecular weight is 1550 g/mol. The minimum Gasteiger partial charge on any atom is -0.432 e. The molecular formula is C71H116O36. The van der Waals surface area contributed by atoms with Crippen LogP contribution in [-0.2, 0) is 71.1 Å². The smallest absolute Gasteiger partial charge is 0.315 e. The molecule has 5 aliphatic carbocycles. The molecule has 0 aromatic heterocycles. The fraction of sp³-hybridized carbons (Fsp3) is 0.958. The number of hydrogen-bond donors (Lipinski definition) is 21. The van der Waals surface area contributed by atoms with Crippen molar-refractivity contribution in [3.05, 3.63) is 11.6 Å². The molecule has 12 aliphatic rings. The molecule has 12 rings (SSSR count). The van der Waals surface area contributed by atoms with Gasteiger partial charge in [-0.05, 0) is 116 Å². The fourth-order valence-electron chi connectivity index (χ4n) is 20.5. The van der Waals surface area contributed by atoms with Crippen molar-refractivity contribution in [3.63, 3.8) is 0 Å². The van der Waals surface area contributed by atoms with E-state index in [0.29, 0.717) is 57.8 Å². The fourth-order valence-corrected chi connectivity index (χ4v) is 20.5. The van der Waals surface area contributed by atoms with Crippen molar-refractivity contribution in [2.75, 3.05) is 39.6 Å². The van der Waals surface area contributed by atoms with Crippen LogP contribution < -0.4 is 0 Å². The monoisotopic (exact) mass is 1540 g/mol. The second-order valence-corrected chi connectivity index (χ2v) is 34.3. The second kappa shape index (κ2) is 32.1. The zero-order valence-electron chi connectivity index (χ0n) is 61.3. The topological polar surface area (TPSA) is 571 Å². The van der Waals surface area contributed by atoms with Gasteiger partial charge < -0.3 is 174 Å². The number of aliphatic hydroxyl groups excluding tert-OH is 21. The van der Waals surface area contributed by atoms with Crippen LogP contribution in [0.5, 0.6) is 0 Å². The number of rotatable bonds is 19. The quantitative estimate of drug-likeness (QED) is 0.0325. The summed E-state index contributed by atoms with van der Waals surface area (Å²) in [5.41, 5.74) is -2.11. The molecule has 11 fully saturated rings. The number of hydrogen-bond acceptors (Lipinski definition) is 36. The van der Waals surface area contributed by atoms with Crippen LogP contribution in [0.3, 0.4) is 0 Å². The van der Waals surface area contributed by atoms with Gasteiger partial charge in [0.2, 0.25) is 6.29 Å². The van der Waals surface area contributed by atoms with E-state index in [4.69, 9.17) is 66.3 Å². The second-order valence-electron chi connectivity index (χ2n) is 34.3. The third-order valence-corrected chi connectivity index (χ3v) is 27.3. The van der Waals surface area contributed by atoms with Gasteiger partial charge in [-0.3, -0.25) is 4.79 Å². The molecule has 0 aromatic carbocycles. The molecule has 36 nitrogen and oxygen atoms in total. The number of carbonyl (C=O) groups excluding carboxylic acids is 1. The van der Waals surface area contributed by atoms with Gasteiger partial charge in [0.15, 0.2) is 37.7 Å². The van der Waals surface area contributed by atoms with Crippen LogP contribution in [-0.4, -0.2) is 368 Å². The maximum atomic E-state index is 15.4. The summed E-state index contributed by atoms with van der Waals surface area (Å²) in [4.78, 5) is 15.4. The largest absolute Gasteiger partial charge is 0.432 e. The molecule has 4 saturated carbocycles. The molecule has 0 amide bonds. The lowest BCUT2D eigenvalue weighted by Crippen LogP contribution is -2.67. The van der Waals surface area contributed by atoms with Crippen molar-refractivity contribution in [2.45, 2.75) is 335 Å². The van der Waals surface area contributed by atoms with E-state index < -0.39 is 277 Å². The van der Waals surface area contributed by atoms with Gasteiger partial charge in [-0.15, -0.1) is 0 Å². The van der Waals surface area contributed by atoms with E-state index >= 15 is 4.79 Å². The van der Waals surface area contributed by atoms with Crippen molar-refractivity contribution in [2.24, 2.45) is 50.2 Å². The number of aliphatic hydroxyl groups is 21. The highest BCUT2D eigenvalue weighted by molar-refractivity contribution is 5.79. The first kappa shape index (κ1) is 84.3. The highest BCUT2D eigenvalue weighted by Gasteiger charge is 2.71. The summed E-state index contributed by atoms with van der Waals surface area (Å²) in [6.07, 6.45) is -52.1. The molecule has 0 spiro atoms. The molecule has 42 atom stereocenters. The van der Waals surface area contributed by atoms with Crippen molar-refractivity contribution < 1.29 is 178 Å². The summed E-state index contributed by atoms with van der Waals surface area (Å²) in [5.74, 6) is -0.978. The van der Waals surface area contributed by atoms with E-state index in [9.17, 15) is 107 Å². The van der Waals surface area contributed by atoms with Gasteiger partial charge >= 0.3 is 5.97 Å². The molecule has 21 N–H and O–H groups in total. The van der Waals surface area contributed by atoms with E-state index in [-0.39, 0.29) is 34.0 Å². The van der Waals surface area contributed by atoms with Crippen LogP contribution in [0.2, 0.25) is 0 Å².